The van der Waals surface area contributed by atoms with Gasteiger partial charge in [0.05, 0.1) is 12.6 Å². The van der Waals surface area contributed by atoms with Gasteiger partial charge in [0.15, 0.2) is 0 Å². The van der Waals surface area contributed by atoms with Crippen LogP contribution < -0.4 is 5.32 Å². The van der Waals surface area contributed by atoms with Crippen molar-refractivity contribution in [1.82, 2.24) is 10.2 Å². The molecule has 4 heteroatoms. The van der Waals surface area contributed by atoms with Crippen molar-refractivity contribution in [2.75, 3.05) is 26.2 Å². The van der Waals surface area contributed by atoms with Crippen LogP contribution in [-0.4, -0.2) is 43.3 Å². The van der Waals surface area contributed by atoms with E-state index in [2.05, 4.69) is 10.2 Å². The molecule has 1 aliphatic heterocycles. The van der Waals surface area contributed by atoms with Gasteiger partial charge in [-0.1, -0.05) is 0 Å². The van der Waals surface area contributed by atoms with Crippen molar-refractivity contribution in [1.29, 1.82) is 0 Å². The zero-order valence-corrected chi connectivity index (χ0v) is 13.1. The van der Waals surface area contributed by atoms with E-state index >= 15 is 0 Å². The summed E-state index contributed by atoms with van der Waals surface area (Å²) in [6, 6.07) is 0.360. The molecule has 1 amide bonds. The molecule has 4 saturated carbocycles. The molecule has 1 atom stereocenters. The second-order valence-corrected chi connectivity index (χ2v) is 7.89. The highest BCUT2D eigenvalue weighted by molar-refractivity contribution is 5.68. The van der Waals surface area contributed by atoms with Gasteiger partial charge in [0, 0.05) is 19.6 Å². The molecule has 4 bridgehead atoms. The molecule has 21 heavy (non-hydrogen) atoms. The van der Waals surface area contributed by atoms with Crippen LogP contribution in [0.1, 0.15) is 45.4 Å². The molecule has 0 aromatic heterocycles. The van der Waals surface area contributed by atoms with Crippen LogP contribution >= 0.6 is 0 Å². The SMILES string of the molecule is CCOC(=O)N1CCNCC1C12CC3CC(CC(C3)C1)C2. The molecule has 0 radical (unpaired) electrons. The number of ether oxygens (including phenoxy) is 1. The molecule has 1 N–H and O–H groups in total. The molecule has 1 unspecified atom stereocenters. The lowest BCUT2D eigenvalue weighted by molar-refractivity contribution is -0.101. The molecule has 0 spiro atoms. The van der Waals surface area contributed by atoms with Crippen molar-refractivity contribution in [3.8, 4) is 0 Å². The van der Waals surface area contributed by atoms with Gasteiger partial charge in [0.1, 0.15) is 0 Å². The van der Waals surface area contributed by atoms with Crippen LogP contribution in [0.25, 0.3) is 0 Å². The summed E-state index contributed by atoms with van der Waals surface area (Å²) in [5.41, 5.74) is 0.384. The van der Waals surface area contributed by atoms with Crippen LogP contribution in [0.3, 0.4) is 0 Å². The third kappa shape index (κ3) is 2.26. The lowest BCUT2D eigenvalue weighted by Crippen LogP contribution is -2.64. The van der Waals surface area contributed by atoms with Crippen LogP contribution in [0.4, 0.5) is 4.79 Å². The van der Waals surface area contributed by atoms with Gasteiger partial charge in [-0.25, -0.2) is 4.79 Å². The maximum atomic E-state index is 12.4. The molecular weight excluding hydrogens is 264 g/mol. The molecule has 0 aromatic rings. The summed E-state index contributed by atoms with van der Waals surface area (Å²) in [5.74, 6) is 2.80. The largest absolute Gasteiger partial charge is 0.450 e. The molecule has 4 nitrogen and oxygen atoms in total. The van der Waals surface area contributed by atoms with Gasteiger partial charge >= 0.3 is 6.09 Å². The van der Waals surface area contributed by atoms with E-state index < -0.39 is 0 Å². The van der Waals surface area contributed by atoms with E-state index in [1.54, 1.807) is 0 Å². The molecule has 5 aliphatic rings. The number of rotatable bonds is 2. The van der Waals surface area contributed by atoms with Gasteiger partial charge in [-0.2, -0.15) is 0 Å². The molecule has 5 fully saturated rings. The van der Waals surface area contributed by atoms with Crippen LogP contribution in [0.2, 0.25) is 0 Å². The zero-order valence-electron chi connectivity index (χ0n) is 13.1. The van der Waals surface area contributed by atoms with Crippen LogP contribution in [0, 0.1) is 23.2 Å². The van der Waals surface area contributed by atoms with E-state index in [-0.39, 0.29) is 6.09 Å². The summed E-state index contributed by atoms with van der Waals surface area (Å²) in [6.45, 7) is 5.06. The summed E-state index contributed by atoms with van der Waals surface area (Å²) in [6.07, 6.45) is 8.33. The highest BCUT2D eigenvalue weighted by atomic mass is 16.6. The zero-order chi connectivity index (χ0) is 14.4. The highest BCUT2D eigenvalue weighted by Gasteiger charge is 2.56. The van der Waals surface area contributed by atoms with Crippen molar-refractivity contribution < 1.29 is 9.53 Å². The van der Waals surface area contributed by atoms with E-state index in [0.29, 0.717) is 18.1 Å². The van der Waals surface area contributed by atoms with E-state index in [9.17, 15) is 4.79 Å². The monoisotopic (exact) mass is 292 g/mol. The Balaban J connectivity index is 1.59. The first kappa shape index (κ1) is 13.9. The first-order chi connectivity index (χ1) is 10.2. The topological polar surface area (TPSA) is 41.6 Å². The maximum Gasteiger partial charge on any atom is 0.410 e. The average molecular weight is 292 g/mol. The van der Waals surface area contributed by atoms with E-state index in [1.807, 2.05) is 6.92 Å². The molecular formula is C17H28N2O2. The number of hydrogen-bond donors (Lipinski definition) is 1. The van der Waals surface area contributed by atoms with Gasteiger partial charge in [-0.15, -0.1) is 0 Å². The second kappa shape index (κ2) is 5.15. The van der Waals surface area contributed by atoms with Crippen molar-refractivity contribution in [3.63, 3.8) is 0 Å². The fourth-order valence-corrected chi connectivity index (χ4v) is 6.26. The quantitative estimate of drug-likeness (QED) is 0.850. The van der Waals surface area contributed by atoms with Gasteiger partial charge in [-0.05, 0) is 68.6 Å². The number of nitrogens with one attached hydrogen (secondary N) is 1. The first-order valence-electron chi connectivity index (χ1n) is 8.84. The third-order valence-corrected chi connectivity index (χ3v) is 6.54. The predicted octanol–water partition coefficient (Wildman–Crippen LogP) is 2.63. The lowest BCUT2D eigenvalue weighted by atomic mass is 9.47. The minimum atomic E-state index is -0.0836. The van der Waals surface area contributed by atoms with Gasteiger partial charge in [0.2, 0.25) is 0 Å². The van der Waals surface area contributed by atoms with Crippen molar-refractivity contribution in [2.45, 2.75) is 51.5 Å². The normalized spacial score (nSPS) is 44.9. The lowest BCUT2D eigenvalue weighted by Gasteiger charge is -2.61. The number of piperazine rings is 1. The summed E-state index contributed by atoms with van der Waals surface area (Å²) in [5, 5.41) is 3.54. The first-order valence-corrected chi connectivity index (χ1v) is 8.84. The summed E-state index contributed by atoms with van der Waals surface area (Å²) in [4.78, 5) is 14.4. The van der Waals surface area contributed by atoms with Gasteiger partial charge in [0.25, 0.3) is 0 Å². The fraction of sp³-hybridized carbons (Fsp3) is 0.941. The summed E-state index contributed by atoms with van der Waals surface area (Å²) >= 11 is 0. The molecule has 1 saturated heterocycles. The fourth-order valence-electron chi connectivity index (χ4n) is 6.26. The van der Waals surface area contributed by atoms with E-state index in [1.165, 1.54) is 38.5 Å². The number of hydrogen-bond acceptors (Lipinski definition) is 3. The molecule has 0 aromatic carbocycles. The van der Waals surface area contributed by atoms with Crippen LogP contribution in [0.5, 0.6) is 0 Å². The smallest absolute Gasteiger partial charge is 0.410 e. The molecule has 118 valence electrons. The highest BCUT2D eigenvalue weighted by Crippen LogP contribution is 2.62. The minimum absolute atomic E-state index is 0.0836. The van der Waals surface area contributed by atoms with Crippen molar-refractivity contribution in [2.24, 2.45) is 23.2 Å². The Hall–Kier alpha value is -0.770. The number of carbonyl (C=O) groups is 1. The Kier molecular flexibility index (Phi) is 3.40. The summed E-state index contributed by atoms with van der Waals surface area (Å²) in [7, 11) is 0. The molecule has 5 rings (SSSR count). The summed E-state index contributed by atoms with van der Waals surface area (Å²) < 4.78 is 5.33. The average Bonchev–Trinajstić information content (AvgIpc) is 2.46. The minimum Gasteiger partial charge on any atom is -0.450 e. The van der Waals surface area contributed by atoms with Gasteiger partial charge in [-0.3, -0.25) is 0 Å². The second-order valence-electron chi connectivity index (χ2n) is 7.89. The number of carbonyl (C=O) groups excluding carboxylic acids is 1. The van der Waals surface area contributed by atoms with E-state index in [0.717, 1.165) is 37.4 Å². The predicted molar refractivity (Wildman–Crippen MR) is 81.0 cm³/mol. The standard InChI is InChI=1S/C17H28N2O2/c1-2-21-16(20)19-4-3-18-11-15(19)17-8-12-5-13(9-17)7-14(6-12)10-17/h12-15,18H,2-11H2,1H3. The Morgan fingerprint density at radius 1 is 1.19 bits per heavy atom. The molecule has 4 aliphatic carbocycles. The Morgan fingerprint density at radius 3 is 2.38 bits per heavy atom. The number of nitrogens with zero attached hydrogens (tertiary/aromatic N) is 1. The van der Waals surface area contributed by atoms with Crippen molar-refractivity contribution >= 4 is 6.09 Å². The Bertz CT molecular complexity index is 388. The van der Waals surface area contributed by atoms with Crippen LogP contribution in [0.15, 0.2) is 0 Å². The van der Waals surface area contributed by atoms with Crippen molar-refractivity contribution in [3.05, 3.63) is 0 Å². The van der Waals surface area contributed by atoms with Crippen LogP contribution in [-0.2, 0) is 4.74 Å². The third-order valence-electron chi connectivity index (χ3n) is 6.54. The Morgan fingerprint density at radius 2 is 1.81 bits per heavy atom. The number of amides is 1. The van der Waals surface area contributed by atoms with E-state index in [4.69, 9.17) is 4.74 Å². The molecule has 1 heterocycles. The van der Waals surface area contributed by atoms with Gasteiger partial charge < -0.3 is 15.0 Å². The Labute approximate surface area is 127 Å². The maximum absolute atomic E-state index is 12.4.